The fourth-order valence-corrected chi connectivity index (χ4v) is 3.57. The number of hydrogen-bond donors (Lipinski definition) is 3. The number of nitro benzene ring substituents is 1. The summed E-state index contributed by atoms with van der Waals surface area (Å²) in [5.41, 5.74) is 0.697. The van der Waals surface area contributed by atoms with Crippen LogP contribution in [0.15, 0.2) is 60.2 Å². The lowest BCUT2D eigenvalue weighted by Gasteiger charge is -2.25. The number of aliphatic hydroxyl groups excluding tert-OH is 2. The Labute approximate surface area is 178 Å². The first-order chi connectivity index (χ1) is 15.0. The van der Waals surface area contributed by atoms with Crippen LogP contribution in [0.25, 0.3) is 5.76 Å². The predicted octanol–water partition coefficient (Wildman–Crippen LogP) is 1.99. The minimum Gasteiger partial charge on any atom is -0.507 e. The smallest absolute Gasteiger partial charge is 0.295 e. The van der Waals surface area contributed by atoms with E-state index in [1.165, 1.54) is 29.2 Å². The lowest BCUT2D eigenvalue weighted by atomic mass is 9.95. The van der Waals surface area contributed by atoms with E-state index in [-0.39, 0.29) is 35.7 Å². The van der Waals surface area contributed by atoms with Crippen molar-refractivity contribution in [3.8, 4) is 0 Å². The summed E-state index contributed by atoms with van der Waals surface area (Å²) in [5, 5.41) is 33.7. The van der Waals surface area contributed by atoms with Gasteiger partial charge in [-0.2, -0.15) is 0 Å². The minimum absolute atomic E-state index is 0.00374. The van der Waals surface area contributed by atoms with Gasteiger partial charge >= 0.3 is 0 Å². The van der Waals surface area contributed by atoms with Crippen LogP contribution in [0, 0.1) is 10.1 Å². The molecule has 1 atom stereocenters. The molecule has 0 bridgehead atoms. The number of hydrogen-bond acceptors (Lipinski definition) is 7. The molecule has 1 unspecified atom stereocenters. The number of benzene rings is 2. The lowest BCUT2D eigenvalue weighted by molar-refractivity contribution is -0.384. The minimum atomic E-state index is -0.798. The second-order valence-corrected chi connectivity index (χ2v) is 7.03. The van der Waals surface area contributed by atoms with Crippen LogP contribution in [-0.2, 0) is 9.59 Å². The normalized spacial score (nSPS) is 17.8. The predicted molar refractivity (Wildman–Crippen MR) is 113 cm³/mol. The lowest BCUT2D eigenvalue weighted by Crippen LogP contribution is -2.32. The molecular formula is C22H23N3O6. The summed E-state index contributed by atoms with van der Waals surface area (Å²) in [6.07, 6.45) is 0.550. The molecule has 0 aliphatic carbocycles. The largest absolute Gasteiger partial charge is 0.507 e. The number of aliphatic hydroxyl groups is 2. The molecule has 1 saturated heterocycles. The maximum absolute atomic E-state index is 12.9. The summed E-state index contributed by atoms with van der Waals surface area (Å²) in [6, 6.07) is 13.3. The molecule has 1 amide bonds. The van der Waals surface area contributed by atoms with Crippen LogP contribution in [0.1, 0.15) is 23.6 Å². The summed E-state index contributed by atoms with van der Waals surface area (Å²) in [4.78, 5) is 37.4. The fraction of sp³-hybridized carbons (Fsp3) is 0.273. The Hall–Kier alpha value is -3.56. The SMILES string of the molecule is O=C1C(=O)N(CCCNCCO)C(c2ccccc2)/C1=C(/O)c1ccc([N+](=O)[O-])cc1. The number of carbonyl (C=O) groups excluding carboxylic acids is 2. The van der Waals surface area contributed by atoms with Gasteiger partial charge in [-0.1, -0.05) is 30.3 Å². The molecule has 2 aromatic carbocycles. The zero-order chi connectivity index (χ0) is 22.4. The van der Waals surface area contributed by atoms with E-state index in [1.807, 2.05) is 6.07 Å². The number of ketones is 1. The molecule has 0 aromatic heterocycles. The van der Waals surface area contributed by atoms with E-state index in [0.717, 1.165) is 0 Å². The molecular weight excluding hydrogens is 402 g/mol. The highest BCUT2D eigenvalue weighted by Gasteiger charge is 2.45. The molecule has 1 heterocycles. The Morgan fingerprint density at radius 3 is 2.35 bits per heavy atom. The second-order valence-electron chi connectivity index (χ2n) is 7.03. The van der Waals surface area contributed by atoms with Gasteiger partial charge in [0.25, 0.3) is 17.4 Å². The van der Waals surface area contributed by atoms with Crippen molar-refractivity contribution in [3.05, 3.63) is 81.4 Å². The van der Waals surface area contributed by atoms with Gasteiger partial charge in [-0.3, -0.25) is 19.7 Å². The monoisotopic (exact) mass is 425 g/mol. The molecule has 0 spiro atoms. The van der Waals surface area contributed by atoms with E-state index >= 15 is 0 Å². The number of carbonyl (C=O) groups is 2. The van der Waals surface area contributed by atoms with Crippen LogP contribution in [0.5, 0.6) is 0 Å². The number of nitrogens with zero attached hydrogens (tertiary/aromatic N) is 2. The van der Waals surface area contributed by atoms with E-state index in [4.69, 9.17) is 5.11 Å². The van der Waals surface area contributed by atoms with Crippen molar-refractivity contribution in [3.63, 3.8) is 0 Å². The molecule has 31 heavy (non-hydrogen) atoms. The van der Waals surface area contributed by atoms with E-state index < -0.39 is 22.7 Å². The van der Waals surface area contributed by atoms with Gasteiger partial charge in [0, 0.05) is 30.8 Å². The van der Waals surface area contributed by atoms with Gasteiger partial charge in [-0.15, -0.1) is 0 Å². The van der Waals surface area contributed by atoms with E-state index in [2.05, 4.69) is 5.32 Å². The first-order valence-corrected chi connectivity index (χ1v) is 9.85. The Bertz CT molecular complexity index is 988. The van der Waals surface area contributed by atoms with Gasteiger partial charge < -0.3 is 20.4 Å². The van der Waals surface area contributed by atoms with Crippen molar-refractivity contribution in [2.45, 2.75) is 12.5 Å². The highest BCUT2D eigenvalue weighted by atomic mass is 16.6. The van der Waals surface area contributed by atoms with Crippen LogP contribution in [0.2, 0.25) is 0 Å². The number of Topliss-reactive ketones (excluding diaryl/α,β-unsaturated/α-hetero) is 1. The topological polar surface area (TPSA) is 133 Å². The maximum atomic E-state index is 12.9. The molecule has 0 saturated carbocycles. The second kappa shape index (κ2) is 9.96. The number of nitro groups is 1. The molecule has 162 valence electrons. The molecule has 0 radical (unpaired) electrons. The summed E-state index contributed by atoms with van der Waals surface area (Å²) < 4.78 is 0. The van der Waals surface area contributed by atoms with Crippen molar-refractivity contribution in [2.24, 2.45) is 0 Å². The van der Waals surface area contributed by atoms with Crippen LogP contribution in [-0.4, -0.2) is 58.0 Å². The standard InChI is InChI=1S/C22H23N3O6/c26-14-12-23-11-4-13-24-19(15-5-2-1-3-6-15)18(21(28)22(24)29)20(27)16-7-9-17(10-8-16)25(30)31/h1-3,5-10,19,23,26-27H,4,11-14H2/b20-18-. The number of likely N-dealkylation sites (tertiary alicyclic amines) is 1. The van der Waals surface area contributed by atoms with Gasteiger partial charge in [-0.05, 0) is 30.7 Å². The van der Waals surface area contributed by atoms with Gasteiger partial charge in [0.2, 0.25) is 0 Å². The van der Waals surface area contributed by atoms with Crippen molar-refractivity contribution in [2.75, 3.05) is 26.2 Å². The third-order valence-electron chi connectivity index (χ3n) is 5.05. The number of rotatable bonds is 9. The van der Waals surface area contributed by atoms with Crippen molar-refractivity contribution >= 4 is 23.1 Å². The summed E-state index contributed by atoms with van der Waals surface area (Å²) in [7, 11) is 0. The number of non-ortho nitro benzene ring substituents is 1. The molecule has 9 heteroatoms. The van der Waals surface area contributed by atoms with Crippen LogP contribution >= 0.6 is 0 Å². The molecule has 9 nitrogen and oxygen atoms in total. The van der Waals surface area contributed by atoms with Gasteiger partial charge in [0.05, 0.1) is 23.1 Å². The van der Waals surface area contributed by atoms with Gasteiger partial charge in [0.15, 0.2) is 0 Å². The number of nitrogens with one attached hydrogen (secondary N) is 1. The van der Waals surface area contributed by atoms with Crippen LogP contribution in [0.3, 0.4) is 0 Å². The third kappa shape index (κ3) is 4.79. The van der Waals surface area contributed by atoms with E-state index in [1.54, 1.807) is 24.3 Å². The van der Waals surface area contributed by atoms with Crippen molar-refractivity contribution < 1.29 is 24.7 Å². The number of amides is 1. The highest BCUT2D eigenvalue weighted by molar-refractivity contribution is 6.46. The van der Waals surface area contributed by atoms with Crippen molar-refractivity contribution in [1.82, 2.24) is 10.2 Å². The molecule has 2 aromatic rings. The highest BCUT2D eigenvalue weighted by Crippen LogP contribution is 2.39. The Morgan fingerprint density at radius 1 is 1.06 bits per heavy atom. The zero-order valence-corrected chi connectivity index (χ0v) is 16.7. The Morgan fingerprint density at radius 2 is 1.74 bits per heavy atom. The first kappa shape index (κ1) is 22.1. The van der Waals surface area contributed by atoms with Crippen LogP contribution in [0.4, 0.5) is 5.69 Å². The quantitative estimate of drug-likeness (QED) is 0.140. The summed E-state index contributed by atoms with van der Waals surface area (Å²) in [5.74, 6) is -1.88. The average molecular weight is 425 g/mol. The molecule has 3 N–H and O–H groups in total. The van der Waals surface area contributed by atoms with Crippen LogP contribution < -0.4 is 5.32 Å². The summed E-state index contributed by atoms with van der Waals surface area (Å²) >= 11 is 0. The van der Waals surface area contributed by atoms with Crippen molar-refractivity contribution in [1.29, 1.82) is 0 Å². The van der Waals surface area contributed by atoms with E-state index in [0.29, 0.717) is 25.1 Å². The molecule has 1 fully saturated rings. The summed E-state index contributed by atoms with van der Waals surface area (Å²) in [6.45, 7) is 1.26. The van der Waals surface area contributed by atoms with Gasteiger partial charge in [0.1, 0.15) is 5.76 Å². The first-order valence-electron chi connectivity index (χ1n) is 9.85. The molecule has 1 aliphatic heterocycles. The Kier molecular flexibility index (Phi) is 7.11. The van der Waals surface area contributed by atoms with Gasteiger partial charge in [-0.25, -0.2) is 0 Å². The molecule has 3 rings (SSSR count). The average Bonchev–Trinajstić information content (AvgIpc) is 3.04. The molecule has 1 aliphatic rings. The fourth-order valence-electron chi connectivity index (χ4n) is 3.57. The Balaban J connectivity index is 1.98. The van der Waals surface area contributed by atoms with E-state index in [9.17, 15) is 24.8 Å². The third-order valence-corrected chi connectivity index (χ3v) is 5.05. The maximum Gasteiger partial charge on any atom is 0.295 e. The zero-order valence-electron chi connectivity index (χ0n) is 16.7.